The Kier molecular flexibility index (Phi) is 6.03. The van der Waals surface area contributed by atoms with Gasteiger partial charge in [0.15, 0.2) is 5.16 Å². The summed E-state index contributed by atoms with van der Waals surface area (Å²) < 4.78 is 1.96. The van der Waals surface area contributed by atoms with Crippen molar-refractivity contribution >= 4 is 35.0 Å². The largest absolute Gasteiger partial charge is 0.326 e. The molecule has 1 heterocycles. The number of carbonyl (C=O) groups excluding carboxylic acids is 1. The highest BCUT2D eigenvalue weighted by atomic mass is 35.5. The predicted molar refractivity (Wildman–Crippen MR) is 90.4 cm³/mol. The number of nitrogens with one attached hydrogen (secondary N) is 1. The molecule has 1 aromatic heterocycles. The number of aryl methyl sites for hydroxylation is 1. The number of nitrogens with zero attached hydrogens (tertiary/aromatic N) is 3. The molecule has 0 aliphatic rings. The molecule has 0 unspecified atom stereocenters. The highest BCUT2D eigenvalue weighted by Crippen LogP contribution is 2.19. The van der Waals surface area contributed by atoms with Crippen molar-refractivity contribution in [3.8, 4) is 0 Å². The summed E-state index contributed by atoms with van der Waals surface area (Å²) in [5.74, 6) is 1.41. The Balaban J connectivity index is 1.83. The van der Waals surface area contributed by atoms with E-state index in [-0.39, 0.29) is 5.91 Å². The third-order valence-corrected chi connectivity index (χ3v) is 4.09. The van der Waals surface area contributed by atoms with Gasteiger partial charge in [0.05, 0.1) is 0 Å². The number of allylic oxidation sites excluding steroid dienone is 1. The standard InChI is InChI=1S/C15H17ClN4OS/c1-3-8-20-11(2)18-19-15(20)22-9-7-14(21)17-13-6-4-5-12(16)10-13/h3-6,10H,1,7-9H2,2H3,(H,17,21). The van der Waals surface area contributed by atoms with Gasteiger partial charge in [-0.1, -0.05) is 35.5 Å². The number of amides is 1. The zero-order valence-corrected chi connectivity index (χ0v) is 13.8. The number of anilines is 1. The first kappa shape index (κ1) is 16.6. The number of benzene rings is 1. The normalized spacial score (nSPS) is 10.5. The monoisotopic (exact) mass is 336 g/mol. The van der Waals surface area contributed by atoms with Crippen molar-refractivity contribution in [2.75, 3.05) is 11.1 Å². The molecule has 0 saturated carbocycles. The van der Waals surface area contributed by atoms with E-state index in [0.717, 1.165) is 11.0 Å². The van der Waals surface area contributed by atoms with Gasteiger partial charge in [-0.3, -0.25) is 4.79 Å². The Morgan fingerprint density at radius 2 is 2.32 bits per heavy atom. The van der Waals surface area contributed by atoms with E-state index in [1.807, 2.05) is 11.5 Å². The van der Waals surface area contributed by atoms with Crippen LogP contribution < -0.4 is 5.32 Å². The van der Waals surface area contributed by atoms with E-state index in [9.17, 15) is 4.79 Å². The minimum absolute atomic E-state index is 0.0544. The number of thioether (sulfide) groups is 1. The summed E-state index contributed by atoms with van der Waals surface area (Å²) in [6.07, 6.45) is 2.18. The second-order valence-electron chi connectivity index (χ2n) is 4.59. The molecule has 116 valence electrons. The van der Waals surface area contributed by atoms with E-state index in [1.54, 1.807) is 30.3 Å². The van der Waals surface area contributed by atoms with Crippen LogP contribution in [0.15, 0.2) is 42.1 Å². The van der Waals surface area contributed by atoms with Crippen molar-refractivity contribution in [1.29, 1.82) is 0 Å². The summed E-state index contributed by atoms with van der Waals surface area (Å²) >= 11 is 7.39. The smallest absolute Gasteiger partial charge is 0.225 e. The molecule has 0 radical (unpaired) electrons. The molecule has 1 N–H and O–H groups in total. The third kappa shape index (κ3) is 4.61. The Hall–Kier alpha value is -1.79. The maximum absolute atomic E-state index is 11.9. The van der Waals surface area contributed by atoms with Crippen LogP contribution in [-0.4, -0.2) is 26.4 Å². The van der Waals surface area contributed by atoms with E-state index < -0.39 is 0 Å². The summed E-state index contributed by atoms with van der Waals surface area (Å²) in [4.78, 5) is 11.9. The van der Waals surface area contributed by atoms with Crippen LogP contribution in [0.4, 0.5) is 5.69 Å². The topological polar surface area (TPSA) is 59.8 Å². The predicted octanol–water partition coefficient (Wildman–Crippen LogP) is 3.55. The minimum Gasteiger partial charge on any atom is -0.326 e. The molecule has 2 rings (SSSR count). The van der Waals surface area contributed by atoms with E-state index in [1.165, 1.54) is 11.8 Å². The van der Waals surface area contributed by atoms with E-state index in [4.69, 9.17) is 11.6 Å². The lowest BCUT2D eigenvalue weighted by Gasteiger charge is -2.06. The van der Waals surface area contributed by atoms with Gasteiger partial charge < -0.3 is 9.88 Å². The summed E-state index contributed by atoms with van der Waals surface area (Å²) in [7, 11) is 0. The lowest BCUT2D eigenvalue weighted by molar-refractivity contribution is -0.115. The van der Waals surface area contributed by atoms with Crippen molar-refractivity contribution < 1.29 is 4.79 Å². The summed E-state index contributed by atoms with van der Waals surface area (Å²) in [6, 6.07) is 7.09. The molecule has 0 atom stereocenters. The summed E-state index contributed by atoms with van der Waals surface area (Å²) in [5.41, 5.74) is 0.702. The molecule has 0 bridgehead atoms. The lowest BCUT2D eigenvalue weighted by atomic mass is 10.3. The van der Waals surface area contributed by atoms with Gasteiger partial charge in [0.25, 0.3) is 0 Å². The lowest BCUT2D eigenvalue weighted by Crippen LogP contribution is -2.12. The average molecular weight is 337 g/mol. The molecule has 2 aromatic rings. The fourth-order valence-electron chi connectivity index (χ4n) is 1.83. The number of halogens is 1. The summed E-state index contributed by atoms with van der Waals surface area (Å²) in [5, 5.41) is 12.4. The third-order valence-electron chi connectivity index (χ3n) is 2.88. The van der Waals surface area contributed by atoms with Crippen LogP contribution in [0.5, 0.6) is 0 Å². The van der Waals surface area contributed by atoms with E-state index in [2.05, 4.69) is 22.1 Å². The van der Waals surface area contributed by atoms with Crippen molar-refractivity contribution in [2.24, 2.45) is 0 Å². The number of aromatic nitrogens is 3. The van der Waals surface area contributed by atoms with Crippen LogP contribution in [-0.2, 0) is 11.3 Å². The fraction of sp³-hybridized carbons (Fsp3) is 0.267. The molecular weight excluding hydrogens is 320 g/mol. The van der Waals surface area contributed by atoms with Crippen LogP contribution in [0.25, 0.3) is 0 Å². The first-order chi connectivity index (χ1) is 10.6. The van der Waals surface area contributed by atoms with E-state index in [0.29, 0.717) is 29.4 Å². The molecule has 0 aliphatic carbocycles. The van der Waals surface area contributed by atoms with Crippen LogP contribution in [0.3, 0.4) is 0 Å². The van der Waals surface area contributed by atoms with E-state index >= 15 is 0 Å². The highest BCUT2D eigenvalue weighted by Gasteiger charge is 2.09. The van der Waals surface area contributed by atoms with Crippen LogP contribution >= 0.6 is 23.4 Å². The minimum atomic E-state index is -0.0544. The molecule has 0 spiro atoms. The molecular formula is C15H17ClN4OS. The van der Waals surface area contributed by atoms with Crippen molar-refractivity contribution in [1.82, 2.24) is 14.8 Å². The van der Waals surface area contributed by atoms with Crippen molar-refractivity contribution in [3.63, 3.8) is 0 Å². The highest BCUT2D eigenvalue weighted by molar-refractivity contribution is 7.99. The zero-order valence-electron chi connectivity index (χ0n) is 12.3. The van der Waals surface area contributed by atoms with Gasteiger partial charge >= 0.3 is 0 Å². The molecule has 1 amide bonds. The molecule has 22 heavy (non-hydrogen) atoms. The Labute approximate surface area is 138 Å². The number of hydrogen-bond acceptors (Lipinski definition) is 4. The first-order valence-corrected chi connectivity index (χ1v) is 8.15. The molecule has 0 saturated heterocycles. The van der Waals surface area contributed by atoms with Crippen molar-refractivity contribution in [3.05, 3.63) is 47.8 Å². The van der Waals surface area contributed by atoms with Gasteiger partial charge in [-0.05, 0) is 25.1 Å². The zero-order chi connectivity index (χ0) is 15.9. The maximum Gasteiger partial charge on any atom is 0.225 e. The number of hydrogen-bond donors (Lipinski definition) is 1. The van der Waals surface area contributed by atoms with Crippen LogP contribution in [0.1, 0.15) is 12.2 Å². The van der Waals surface area contributed by atoms with Gasteiger partial charge in [0.2, 0.25) is 5.91 Å². The first-order valence-electron chi connectivity index (χ1n) is 6.79. The molecule has 7 heteroatoms. The van der Waals surface area contributed by atoms with Gasteiger partial charge in [-0.15, -0.1) is 16.8 Å². The van der Waals surface area contributed by atoms with Crippen LogP contribution in [0, 0.1) is 6.92 Å². The quantitative estimate of drug-likeness (QED) is 0.620. The van der Waals surface area contributed by atoms with Gasteiger partial charge in [-0.25, -0.2) is 0 Å². The second kappa shape index (κ2) is 8.00. The Bertz CT molecular complexity index is 671. The number of carbonyl (C=O) groups is 1. The fourth-order valence-corrected chi connectivity index (χ4v) is 2.95. The molecule has 0 aliphatic heterocycles. The van der Waals surface area contributed by atoms with Gasteiger partial charge in [0, 0.05) is 29.4 Å². The molecule has 5 nitrogen and oxygen atoms in total. The maximum atomic E-state index is 11.9. The SMILES string of the molecule is C=CCn1c(C)nnc1SCCC(=O)Nc1cccc(Cl)c1. The molecule has 1 aromatic carbocycles. The summed E-state index contributed by atoms with van der Waals surface area (Å²) in [6.45, 7) is 6.28. The average Bonchev–Trinajstić information content (AvgIpc) is 2.81. The Morgan fingerprint density at radius 3 is 3.05 bits per heavy atom. The Morgan fingerprint density at radius 1 is 1.50 bits per heavy atom. The molecule has 0 fully saturated rings. The van der Waals surface area contributed by atoms with Gasteiger partial charge in [-0.2, -0.15) is 0 Å². The van der Waals surface area contributed by atoms with Crippen molar-refractivity contribution in [2.45, 2.75) is 25.0 Å². The second-order valence-corrected chi connectivity index (χ2v) is 6.08. The number of rotatable bonds is 7. The van der Waals surface area contributed by atoms with Gasteiger partial charge in [0.1, 0.15) is 5.82 Å². The van der Waals surface area contributed by atoms with Crippen LogP contribution in [0.2, 0.25) is 5.02 Å².